The number of nitrogens with zero attached hydrogens (tertiary/aromatic N) is 2. The predicted octanol–water partition coefficient (Wildman–Crippen LogP) is 2.34. The Morgan fingerprint density at radius 2 is 2.16 bits per heavy atom. The molecule has 1 atom stereocenters. The Bertz CT molecular complexity index is 558. The molecule has 0 spiro atoms. The lowest BCUT2D eigenvalue weighted by Gasteiger charge is -2.22. The first kappa shape index (κ1) is 18.4. The minimum Gasteiger partial charge on any atom is -0.377 e. The molecule has 5 heteroatoms. The van der Waals surface area contributed by atoms with Gasteiger partial charge >= 0.3 is 0 Å². The summed E-state index contributed by atoms with van der Waals surface area (Å²) in [7, 11) is 0. The number of ether oxygens (including phenoxy) is 2. The lowest BCUT2D eigenvalue weighted by atomic mass is 10.1. The Morgan fingerprint density at radius 1 is 1.24 bits per heavy atom. The Morgan fingerprint density at radius 3 is 2.96 bits per heavy atom. The van der Waals surface area contributed by atoms with Gasteiger partial charge < -0.3 is 14.4 Å². The number of hydrogen-bond donors (Lipinski definition) is 0. The highest BCUT2D eigenvalue weighted by Gasteiger charge is 2.20. The van der Waals surface area contributed by atoms with Crippen LogP contribution in [0, 0.1) is 6.92 Å². The molecule has 1 aromatic rings. The van der Waals surface area contributed by atoms with E-state index in [1.165, 1.54) is 0 Å². The first-order chi connectivity index (χ1) is 12.2. The third-order valence-corrected chi connectivity index (χ3v) is 5.02. The monoisotopic (exact) mass is 346 g/mol. The van der Waals surface area contributed by atoms with E-state index in [2.05, 4.69) is 4.90 Å². The molecule has 1 aromatic carbocycles. The van der Waals surface area contributed by atoms with Crippen molar-refractivity contribution in [3.63, 3.8) is 0 Å². The summed E-state index contributed by atoms with van der Waals surface area (Å²) in [5, 5.41) is 0. The highest BCUT2D eigenvalue weighted by molar-refractivity contribution is 5.94. The Hall–Kier alpha value is -1.43. The van der Waals surface area contributed by atoms with E-state index in [0.717, 1.165) is 76.3 Å². The fourth-order valence-electron chi connectivity index (χ4n) is 3.54. The highest BCUT2D eigenvalue weighted by Crippen LogP contribution is 2.13. The third kappa shape index (κ3) is 5.53. The van der Waals surface area contributed by atoms with Gasteiger partial charge in [-0.3, -0.25) is 9.69 Å². The molecule has 2 aliphatic rings. The van der Waals surface area contributed by atoms with E-state index in [0.29, 0.717) is 12.7 Å². The van der Waals surface area contributed by atoms with Crippen LogP contribution in [0.2, 0.25) is 0 Å². The number of carbonyl (C=O) groups excluding carboxylic acids is 1. The van der Waals surface area contributed by atoms with Gasteiger partial charge in [0.15, 0.2) is 0 Å². The van der Waals surface area contributed by atoms with Gasteiger partial charge in [-0.2, -0.15) is 0 Å². The van der Waals surface area contributed by atoms with Crippen molar-refractivity contribution < 1.29 is 14.3 Å². The minimum absolute atomic E-state index is 0.153. The topological polar surface area (TPSA) is 42.0 Å². The van der Waals surface area contributed by atoms with Gasteiger partial charge in [0.25, 0.3) is 5.91 Å². The highest BCUT2D eigenvalue weighted by atomic mass is 16.5. The zero-order valence-corrected chi connectivity index (χ0v) is 15.3. The molecule has 0 bridgehead atoms. The van der Waals surface area contributed by atoms with Gasteiger partial charge in [0, 0.05) is 38.3 Å². The summed E-state index contributed by atoms with van der Waals surface area (Å²) in [6, 6.07) is 7.87. The molecule has 0 aromatic heterocycles. The van der Waals surface area contributed by atoms with Crippen LogP contribution in [0.15, 0.2) is 24.3 Å². The molecule has 1 amide bonds. The van der Waals surface area contributed by atoms with Gasteiger partial charge in [0.05, 0.1) is 19.3 Å². The van der Waals surface area contributed by atoms with Crippen LogP contribution in [0.4, 0.5) is 0 Å². The van der Waals surface area contributed by atoms with E-state index in [1.54, 1.807) is 0 Å². The van der Waals surface area contributed by atoms with Crippen molar-refractivity contribution in [2.45, 2.75) is 32.3 Å². The quantitative estimate of drug-likeness (QED) is 0.742. The lowest BCUT2D eigenvalue weighted by Crippen LogP contribution is -2.36. The van der Waals surface area contributed by atoms with Crippen LogP contribution in [-0.4, -0.2) is 74.4 Å². The summed E-state index contributed by atoms with van der Waals surface area (Å²) in [5.74, 6) is 0.153. The fraction of sp³-hybridized carbons (Fsp3) is 0.650. The van der Waals surface area contributed by atoms with E-state index >= 15 is 0 Å². The molecule has 25 heavy (non-hydrogen) atoms. The van der Waals surface area contributed by atoms with E-state index in [1.807, 2.05) is 36.1 Å². The largest absolute Gasteiger partial charge is 0.377 e. The van der Waals surface area contributed by atoms with Crippen LogP contribution in [0.25, 0.3) is 0 Å². The normalized spacial score (nSPS) is 22.1. The van der Waals surface area contributed by atoms with Crippen molar-refractivity contribution in [1.29, 1.82) is 0 Å². The molecule has 0 N–H and O–H groups in total. The van der Waals surface area contributed by atoms with Crippen LogP contribution in [0.3, 0.4) is 0 Å². The number of rotatable bonds is 6. The van der Waals surface area contributed by atoms with E-state index in [-0.39, 0.29) is 5.91 Å². The molecule has 0 saturated carbocycles. The molecule has 0 aliphatic carbocycles. The molecular formula is C20H30N2O3. The van der Waals surface area contributed by atoms with Crippen LogP contribution >= 0.6 is 0 Å². The molecular weight excluding hydrogens is 316 g/mol. The summed E-state index contributed by atoms with van der Waals surface area (Å²) >= 11 is 0. The number of carbonyl (C=O) groups is 1. The summed E-state index contributed by atoms with van der Waals surface area (Å²) < 4.78 is 11.3. The van der Waals surface area contributed by atoms with Crippen molar-refractivity contribution in [2.24, 2.45) is 0 Å². The predicted molar refractivity (Wildman–Crippen MR) is 97.9 cm³/mol. The van der Waals surface area contributed by atoms with Crippen LogP contribution < -0.4 is 0 Å². The minimum atomic E-state index is 0.153. The number of hydrogen-bond acceptors (Lipinski definition) is 4. The summed E-state index contributed by atoms with van der Waals surface area (Å²) in [4.78, 5) is 17.1. The second-order valence-electron chi connectivity index (χ2n) is 7.07. The number of aryl methyl sites for hydroxylation is 1. The van der Waals surface area contributed by atoms with E-state index in [4.69, 9.17) is 9.47 Å². The first-order valence-corrected chi connectivity index (χ1v) is 9.50. The Balaban J connectivity index is 1.40. The summed E-state index contributed by atoms with van der Waals surface area (Å²) in [6.07, 6.45) is 3.60. The van der Waals surface area contributed by atoms with Crippen molar-refractivity contribution in [2.75, 3.05) is 52.5 Å². The molecule has 1 unspecified atom stereocenters. The zero-order chi connectivity index (χ0) is 17.5. The molecule has 2 saturated heterocycles. The SMILES string of the molecule is Cc1cccc(C(=O)N2CCCN(CCOCC3CCCO3)CC2)c1. The molecule has 2 heterocycles. The van der Waals surface area contributed by atoms with Crippen molar-refractivity contribution >= 4 is 5.91 Å². The number of amides is 1. The van der Waals surface area contributed by atoms with Crippen molar-refractivity contribution in [3.8, 4) is 0 Å². The van der Waals surface area contributed by atoms with Gasteiger partial charge in [0.1, 0.15) is 0 Å². The Kier molecular flexibility index (Phi) is 6.84. The molecule has 5 nitrogen and oxygen atoms in total. The first-order valence-electron chi connectivity index (χ1n) is 9.50. The standard InChI is InChI=1S/C20H30N2O3/c1-17-5-2-6-18(15-17)20(23)22-9-4-8-21(10-11-22)12-14-24-16-19-7-3-13-25-19/h2,5-6,15,19H,3-4,7-14,16H2,1H3. The molecule has 138 valence electrons. The Labute approximate surface area is 150 Å². The van der Waals surface area contributed by atoms with Gasteiger partial charge in [-0.05, 0) is 44.9 Å². The summed E-state index contributed by atoms with van der Waals surface area (Å²) in [6.45, 7) is 8.86. The summed E-state index contributed by atoms with van der Waals surface area (Å²) in [5.41, 5.74) is 1.93. The van der Waals surface area contributed by atoms with Crippen molar-refractivity contribution in [1.82, 2.24) is 9.80 Å². The van der Waals surface area contributed by atoms with Gasteiger partial charge in [0.2, 0.25) is 0 Å². The number of benzene rings is 1. The smallest absolute Gasteiger partial charge is 0.253 e. The maximum absolute atomic E-state index is 12.7. The van der Waals surface area contributed by atoms with Crippen LogP contribution in [0.1, 0.15) is 35.2 Å². The molecule has 2 fully saturated rings. The van der Waals surface area contributed by atoms with Crippen molar-refractivity contribution in [3.05, 3.63) is 35.4 Å². The van der Waals surface area contributed by atoms with E-state index in [9.17, 15) is 4.79 Å². The average Bonchev–Trinajstić information content (AvgIpc) is 3.02. The lowest BCUT2D eigenvalue weighted by molar-refractivity contribution is 0.0107. The van der Waals surface area contributed by atoms with Gasteiger partial charge in [-0.15, -0.1) is 0 Å². The van der Waals surface area contributed by atoms with Gasteiger partial charge in [-0.1, -0.05) is 17.7 Å². The van der Waals surface area contributed by atoms with E-state index < -0.39 is 0 Å². The molecule has 3 rings (SSSR count). The maximum Gasteiger partial charge on any atom is 0.253 e. The second kappa shape index (κ2) is 9.32. The second-order valence-corrected chi connectivity index (χ2v) is 7.07. The molecule has 2 aliphatic heterocycles. The van der Waals surface area contributed by atoms with Crippen LogP contribution in [0.5, 0.6) is 0 Å². The average molecular weight is 346 g/mol. The zero-order valence-electron chi connectivity index (χ0n) is 15.3. The third-order valence-electron chi connectivity index (χ3n) is 5.02. The molecule has 0 radical (unpaired) electrons. The fourth-order valence-corrected chi connectivity index (χ4v) is 3.54. The van der Waals surface area contributed by atoms with Crippen LogP contribution in [-0.2, 0) is 9.47 Å². The maximum atomic E-state index is 12.7. The van der Waals surface area contributed by atoms with Gasteiger partial charge in [-0.25, -0.2) is 0 Å².